The number of carbonyl (C=O) groups excluding carboxylic acids is 1. The summed E-state index contributed by atoms with van der Waals surface area (Å²) in [5, 5.41) is 2.98. The molecule has 0 radical (unpaired) electrons. The average molecular weight is 337 g/mol. The van der Waals surface area contributed by atoms with Gasteiger partial charge in [-0.2, -0.15) is 0 Å². The van der Waals surface area contributed by atoms with E-state index >= 15 is 0 Å². The second-order valence-electron chi connectivity index (χ2n) is 6.59. The molecule has 4 rings (SSSR count). The maximum absolute atomic E-state index is 14.0. The summed E-state index contributed by atoms with van der Waals surface area (Å²) in [6.45, 7) is 0.566. The highest BCUT2D eigenvalue weighted by molar-refractivity contribution is 5.91. The Labute approximate surface area is 145 Å². The number of nitrogens with one attached hydrogen (secondary N) is 1. The summed E-state index contributed by atoms with van der Waals surface area (Å²) < 4.78 is 16.1. The van der Waals surface area contributed by atoms with Gasteiger partial charge in [0.05, 0.1) is 17.1 Å². The lowest BCUT2D eigenvalue weighted by atomic mass is 9.94. The Morgan fingerprint density at radius 1 is 1.20 bits per heavy atom. The monoisotopic (exact) mass is 337 g/mol. The molecule has 0 saturated heterocycles. The number of rotatable bonds is 6. The van der Waals surface area contributed by atoms with Crippen LogP contribution in [0.1, 0.15) is 30.7 Å². The minimum atomic E-state index is -0.661. The van der Waals surface area contributed by atoms with Crippen molar-refractivity contribution in [1.29, 1.82) is 0 Å². The van der Waals surface area contributed by atoms with Gasteiger partial charge in [0.25, 0.3) is 0 Å². The van der Waals surface area contributed by atoms with Crippen molar-refractivity contribution in [3.8, 4) is 0 Å². The van der Waals surface area contributed by atoms with Crippen LogP contribution in [0, 0.1) is 5.82 Å². The van der Waals surface area contributed by atoms with Gasteiger partial charge in [-0.05, 0) is 37.5 Å². The molecule has 2 heterocycles. The summed E-state index contributed by atoms with van der Waals surface area (Å²) in [6, 6.07) is 12.6. The molecule has 1 N–H and O–H groups in total. The van der Waals surface area contributed by atoms with E-state index in [-0.39, 0.29) is 11.7 Å². The lowest BCUT2D eigenvalue weighted by Gasteiger charge is -2.16. The van der Waals surface area contributed by atoms with Crippen molar-refractivity contribution < 1.29 is 9.18 Å². The zero-order valence-electron chi connectivity index (χ0n) is 13.9. The Morgan fingerprint density at radius 3 is 2.80 bits per heavy atom. The van der Waals surface area contributed by atoms with E-state index in [1.165, 1.54) is 6.07 Å². The first-order chi connectivity index (χ1) is 12.2. The van der Waals surface area contributed by atoms with Gasteiger partial charge in [-0.25, -0.2) is 9.37 Å². The lowest BCUT2D eigenvalue weighted by molar-refractivity contribution is -0.123. The third-order valence-corrected chi connectivity index (χ3v) is 4.95. The molecular weight excluding hydrogens is 317 g/mol. The molecule has 25 heavy (non-hydrogen) atoms. The number of carbonyl (C=O) groups is 1. The molecule has 1 aromatic carbocycles. The number of hydrogen-bond donors (Lipinski definition) is 1. The molecule has 2 aromatic heterocycles. The second kappa shape index (κ2) is 6.31. The largest absolute Gasteiger partial charge is 0.355 e. The van der Waals surface area contributed by atoms with Crippen molar-refractivity contribution in [2.24, 2.45) is 0 Å². The van der Waals surface area contributed by atoms with Crippen LogP contribution in [0.2, 0.25) is 0 Å². The highest BCUT2D eigenvalue weighted by atomic mass is 19.1. The Kier molecular flexibility index (Phi) is 3.99. The van der Waals surface area contributed by atoms with E-state index < -0.39 is 5.41 Å². The van der Waals surface area contributed by atoms with Gasteiger partial charge in [0, 0.05) is 24.7 Å². The number of fused-ring (bicyclic) bond motifs is 1. The summed E-state index contributed by atoms with van der Waals surface area (Å²) in [5.74, 6) is 0.629. The number of imidazole rings is 1. The van der Waals surface area contributed by atoms with Crippen LogP contribution in [-0.4, -0.2) is 21.8 Å². The number of pyridine rings is 1. The molecule has 0 atom stereocenters. The summed E-state index contributed by atoms with van der Waals surface area (Å²) in [4.78, 5) is 17.0. The van der Waals surface area contributed by atoms with Crippen LogP contribution >= 0.6 is 0 Å². The summed E-state index contributed by atoms with van der Waals surface area (Å²) >= 11 is 0. The highest BCUT2D eigenvalue weighted by Gasteiger charge is 2.52. The molecule has 0 aliphatic heterocycles. The van der Waals surface area contributed by atoms with Gasteiger partial charge >= 0.3 is 0 Å². The molecule has 0 spiro atoms. The van der Waals surface area contributed by atoms with Gasteiger partial charge in [-0.1, -0.05) is 24.3 Å². The SMILES string of the molecule is O=C(NCCCc1ncc2ccccn12)C1(c2ccccc2F)CC1. The molecule has 0 bridgehead atoms. The number of amides is 1. The van der Waals surface area contributed by atoms with E-state index in [4.69, 9.17) is 0 Å². The average Bonchev–Trinajstić information content (AvgIpc) is 3.34. The Hall–Kier alpha value is -2.69. The van der Waals surface area contributed by atoms with Crippen LogP contribution in [0.3, 0.4) is 0 Å². The molecular formula is C20H20FN3O. The molecule has 1 aliphatic carbocycles. The molecule has 1 aliphatic rings. The van der Waals surface area contributed by atoms with Crippen LogP contribution in [-0.2, 0) is 16.6 Å². The van der Waals surface area contributed by atoms with E-state index in [0.717, 1.165) is 24.2 Å². The second-order valence-corrected chi connectivity index (χ2v) is 6.59. The van der Waals surface area contributed by atoms with Gasteiger partial charge in [-0.3, -0.25) is 4.79 Å². The summed E-state index contributed by atoms with van der Waals surface area (Å²) in [7, 11) is 0. The standard InChI is InChI=1S/C20H20FN3O/c21-17-8-2-1-7-16(17)20(10-11-20)19(25)22-12-5-9-18-23-14-15-6-3-4-13-24(15)18/h1-4,6-8,13-14H,5,9-12H2,(H,22,25). The van der Waals surface area contributed by atoms with Crippen LogP contribution in [0.25, 0.3) is 5.52 Å². The maximum atomic E-state index is 14.0. The number of nitrogens with zero attached hydrogens (tertiary/aromatic N) is 2. The van der Waals surface area contributed by atoms with Gasteiger partial charge in [0.1, 0.15) is 11.6 Å². The van der Waals surface area contributed by atoms with Gasteiger partial charge < -0.3 is 9.72 Å². The van der Waals surface area contributed by atoms with Crippen LogP contribution < -0.4 is 5.32 Å². The lowest BCUT2D eigenvalue weighted by Crippen LogP contribution is -2.36. The van der Waals surface area contributed by atoms with Gasteiger partial charge in [0.15, 0.2) is 0 Å². The summed E-state index contributed by atoms with van der Waals surface area (Å²) in [6.07, 6.45) is 6.85. The van der Waals surface area contributed by atoms with E-state index in [9.17, 15) is 9.18 Å². The third-order valence-electron chi connectivity index (χ3n) is 4.95. The fourth-order valence-electron chi connectivity index (χ4n) is 3.40. The predicted octanol–water partition coefficient (Wildman–Crippen LogP) is 3.25. The number of aryl methyl sites for hydroxylation is 1. The van der Waals surface area contributed by atoms with Crippen molar-refractivity contribution in [1.82, 2.24) is 14.7 Å². The molecule has 1 saturated carbocycles. The quantitative estimate of drug-likeness (QED) is 0.702. The van der Waals surface area contributed by atoms with Crippen molar-refractivity contribution >= 4 is 11.4 Å². The minimum absolute atomic E-state index is 0.0643. The molecule has 0 unspecified atom stereocenters. The Morgan fingerprint density at radius 2 is 2.00 bits per heavy atom. The molecule has 128 valence electrons. The number of benzene rings is 1. The van der Waals surface area contributed by atoms with Crippen LogP contribution in [0.15, 0.2) is 54.9 Å². The van der Waals surface area contributed by atoms with E-state index in [1.807, 2.05) is 30.6 Å². The first-order valence-electron chi connectivity index (χ1n) is 8.65. The van der Waals surface area contributed by atoms with Gasteiger partial charge in [-0.15, -0.1) is 0 Å². The number of aromatic nitrogens is 2. The normalized spacial score (nSPS) is 15.2. The van der Waals surface area contributed by atoms with Crippen molar-refractivity contribution in [3.05, 3.63) is 72.1 Å². The first-order valence-corrected chi connectivity index (χ1v) is 8.65. The van der Waals surface area contributed by atoms with E-state index in [1.54, 1.807) is 18.2 Å². The zero-order valence-corrected chi connectivity index (χ0v) is 13.9. The highest BCUT2D eigenvalue weighted by Crippen LogP contribution is 2.49. The van der Waals surface area contributed by atoms with Gasteiger partial charge in [0.2, 0.25) is 5.91 Å². The first kappa shape index (κ1) is 15.8. The topological polar surface area (TPSA) is 46.4 Å². The molecule has 4 nitrogen and oxygen atoms in total. The van der Waals surface area contributed by atoms with E-state index in [0.29, 0.717) is 24.9 Å². The molecule has 5 heteroatoms. The van der Waals surface area contributed by atoms with Crippen LogP contribution in [0.4, 0.5) is 4.39 Å². The van der Waals surface area contributed by atoms with Crippen molar-refractivity contribution in [2.75, 3.05) is 6.54 Å². The Balaban J connectivity index is 1.35. The van der Waals surface area contributed by atoms with E-state index in [2.05, 4.69) is 14.7 Å². The molecule has 1 amide bonds. The summed E-state index contributed by atoms with van der Waals surface area (Å²) in [5.41, 5.74) is 0.926. The Bertz CT molecular complexity index is 914. The fraction of sp³-hybridized carbons (Fsp3) is 0.300. The number of halogens is 1. The molecule has 1 fully saturated rings. The minimum Gasteiger partial charge on any atom is -0.355 e. The smallest absolute Gasteiger partial charge is 0.230 e. The molecule has 3 aromatic rings. The van der Waals surface area contributed by atoms with Crippen molar-refractivity contribution in [3.63, 3.8) is 0 Å². The zero-order chi connectivity index (χ0) is 17.3. The van der Waals surface area contributed by atoms with Crippen molar-refractivity contribution in [2.45, 2.75) is 31.1 Å². The maximum Gasteiger partial charge on any atom is 0.230 e. The third kappa shape index (κ3) is 2.90. The number of hydrogen-bond acceptors (Lipinski definition) is 2. The van der Waals surface area contributed by atoms with Crippen LogP contribution in [0.5, 0.6) is 0 Å². The predicted molar refractivity (Wildman–Crippen MR) is 93.8 cm³/mol. The fourth-order valence-corrected chi connectivity index (χ4v) is 3.40.